The third-order valence-electron chi connectivity index (χ3n) is 4.73. The Morgan fingerprint density at radius 1 is 0.885 bits per heavy atom. The highest BCUT2D eigenvalue weighted by Gasteiger charge is 2.13. The summed E-state index contributed by atoms with van der Waals surface area (Å²) in [7, 11) is 0. The van der Waals surface area contributed by atoms with Crippen LogP contribution in [0, 0.1) is 20.8 Å². The second-order valence-electron chi connectivity index (χ2n) is 6.68. The van der Waals surface area contributed by atoms with E-state index in [-0.39, 0.29) is 5.75 Å². The summed E-state index contributed by atoms with van der Waals surface area (Å²) < 4.78 is 6.17. The molecule has 0 saturated heterocycles. The summed E-state index contributed by atoms with van der Waals surface area (Å²) in [4.78, 5) is 0. The number of aromatic hydroxyl groups is 1. The van der Waals surface area contributed by atoms with E-state index in [0.717, 1.165) is 22.4 Å². The van der Waals surface area contributed by atoms with Gasteiger partial charge in [-0.25, -0.2) is 0 Å². The Labute approximate surface area is 155 Å². The van der Waals surface area contributed by atoms with Crippen LogP contribution >= 0.6 is 0 Å². The molecule has 0 aliphatic carbocycles. The molecule has 0 spiro atoms. The molecule has 0 aliphatic rings. The lowest BCUT2D eigenvalue weighted by molar-refractivity contribution is 0.305. The van der Waals surface area contributed by atoms with Gasteiger partial charge in [0.1, 0.15) is 18.1 Å². The molecule has 3 nitrogen and oxygen atoms in total. The molecular formula is C23H25NO2. The SMILES string of the molecule is Cc1cc(C)c(COc2ccccc2-c2cccc(CN)c2O)c(C)c1. The highest BCUT2D eigenvalue weighted by atomic mass is 16.5. The van der Waals surface area contributed by atoms with E-state index in [0.29, 0.717) is 13.2 Å². The highest BCUT2D eigenvalue weighted by molar-refractivity contribution is 5.76. The van der Waals surface area contributed by atoms with E-state index in [9.17, 15) is 5.11 Å². The number of phenols is 1. The van der Waals surface area contributed by atoms with Crippen LogP contribution in [0.4, 0.5) is 0 Å². The molecule has 0 atom stereocenters. The fourth-order valence-corrected chi connectivity index (χ4v) is 3.38. The van der Waals surface area contributed by atoms with Crippen LogP contribution in [0.2, 0.25) is 0 Å². The molecule has 0 aromatic heterocycles. The van der Waals surface area contributed by atoms with Gasteiger partial charge in [0, 0.05) is 23.2 Å². The Balaban J connectivity index is 1.94. The molecule has 3 aromatic rings. The van der Waals surface area contributed by atoms with Crippen molar-refractivity contribution in [3.63, 3.8) is 0 Å². The van der Waals surface area contributed by atoms with E-state index < -0.39 is 0 Å². The lowest BCUT2D eigenvalue weighted by atomic mass is 9.99. The van der Waals surface area contributed by atoms with Gasteiger partial charge in [0.25, 0.3) is 0 Å². The molecule has 134 valence electrons. The molecule has 0 heterocycles. The number of phenolic OH excluding ortho intramolecular Hbond substituents is 1. The van der Waals surface area contributed by atoms with Crippen molar-refractivity contribution >= 4 is 0 Å². The molecule has 3 heteroatoms. The van der Waals surface area contributed by atoms with Crippen molar-refractivity contribution in [2.45, 2.75) is 33.9 Å². The van der Waals surface area contributed by atoms with Gasteiger partial charge < -0.3 is 15.6 Å². The number of benzene rings is 3. The first kappa shape index (κ1) is 18.0. The van der Waals surface area contributed by atoms with E-state index in [1.54, 1.807) is 0 Å². The maximum atomic E-state index is 10.5. The van der Waals surface area contributed by atoms with Crippen LogP contribution in [0.25, 0.3) is 11.1 Å². The number of aryl methyl sites for hydroxylation is 3. The van der Waals surface area contributed by atoms with E-state index in [2.05, 4.69) is 32.9 Å². The summed E-state index contributed by atoms with van der Waals surface area (Å²) in [6.07, 6.45) is 0. The highest BCUT2D eigenvalue weighted by Crippen LogP contribution is 2.38. The van der Waals surface area contributed by atoms with Crippen molar-refractivity contribution in [3.05, 3.63) is 82.4 Å². The topological polar surface area (TPSA) is 55.5 Å². The molecule has 0 saturated carbocycles. The van der Waals surface area contributed by atoms with Crippen LogP contribution in [-0.4, -0.2) is 5.11 Å². The Bertz CT molecular complexity index is 908. The fourth-order valence-electron chi connectivity index (χ4n) is 3.38. The standard InChI is InChI=1S/C23H25NO2/c1-15-11-16(2)21(17(3)12-15)14-26-22-10-5-4-8-19(22)20-9-6-7-18(13-24)23(20)25/h4-12,25H,13-14,24H2,1-3H3. The number of para-hydroxylation sites is 2. The first-order valence-electron chi connectivity index (χ1n) is 8.81. The van der Waals surface area contributed by atoms with Crippen molar-refractivity contribution in [1.82, 2.24) is 0 Å². The lowest BCUT2D eigenvalue weighted by Gasteiger charge is -2.16. The summed E-state index contributed by atoms with van der Waals surface area (Å²) in [5, 5.41) is 10.5. The maximum Gasteiger partial charge on any atom is 0.128 e. The third kappa shape index (κ3) is 3.58. The summed E-state index contributed by atoms with van der Waals surface area (Å²) in [5.41, 5.74) is 13.0. The number of hydrogen-bond donors (Lipinski definition) is 2. The zero-order chi connectivity index (χ0) is 18.7. The van der Waals surface area contributed by atoms with Crippen LogP contribution < -0.4 is 10.5 Å². The molecule has 3 rings (SSSR count). The Kier molecular flexibility index (Phi) is 5.29. The van der Waals surface area contributed by atoms with Crippen molar-refractivity contribution in [1.29, 1.82) is 0 Å². The lowest BCUT2D eigenvalue weighted by Crippen LogP contribution is -2.02. The molecular weight excluding hydrogens is 322 g/mol. The summed E-state index contributed by atoms with van der Waals surface area (Å²) in [6.45, 7) is 7.12. The van der Waals surface area contributed by atoms with Crippen LogP contribution in [-0.2, 0) is 13.2 Å². The van der Waals surface area contributed by atoms with E-state index in [4.69, 9.17) is 10.5 Å². The van der Waals surface area contributed by atoms with Crippen LogP contribution in [0.15, 0.2) is 54.6 Å². The van der Waals surface area contributed by atoms with E-state index >= 15 is 0 Å². The average Bonchev–Trinajstić information content (AvgIpc) is 2.61. The zero-order valence-corrected chi connectivity index (χ0v) is 15.5. The zero-order valence-electron chi connectivity index (χ0n) is 15.5. The van der Waals surface area contributed by atoms with Gasteiger partial charge in [-0.2, -0.15) is 0 Å². The number of rotatable bonds is 5. The molecule has 0 aliphatic heterocycles. The van der Waals surface area contributed by atoms with Gasteiger partial charge in [0.15, 0.2) is 0 Å². The van der Waals surface area contributed by atoms with Crippen molar-refractivity contribution in [3.8, 4) is 22.6 Å². The van der Waals surface area contributed by atoms with Gasteiger partial charge in [-0.1, -0.05) is 54.1 Å². The second-order valence-corrected chi connectivity index (χ2v) is 6.68. The Morgan fingerprint density at radius 3 is 2.23 bits per heavy atom. The van der Waals surface area contributed by atoms with Gasteiger partial charge >= 0.3 is 0 Å². The van der Waals surface area contributed by atoms with E-state index in [1.165, 1.54) is 22.3 Å². The Morgan fingerprint density at radius 2 is 1.54 bits per heavy atom. The minimum atomic E-state index is 0.216. The number of ether oxygens (including phenoxy) is 1. The third-order valence-corrected chi connectivity index (χ3v) is 4.73. The monoisotopic (exact) mass is 347 g/mol. The second kappa shape index (κ2) is 7.63. The smallest absolute Gasteiger partial charge is 0.128 e. The summed E-state index contributed by atoms with van der Waals surface area (Å²) in [5.74, 6) is 0.963. The fraction of sp³-hybridized carbons (Fsp3) is 0.217. The predicted molar refractivity (Wildman–Crippen MR) is 106 cm³/mol. The normalized spacial score (nSPS) is 10.8. The van der Waals surface area contributed by atoms with Gasteiger partial charge in [-0.3, -0.25) is 0 Å². The van der Waals surface area contributed by atoms with Gasteiger partial charge in [0.05, 0.1) is 0 Å². The quantitative estimate of drug-likeness (QED) is 0.681. The molecule has 3 N–H and O–H groups in total. The largest absolute Gasteiger partial charge is 0.507 e. The van der Waals surface area contributed by atoms with Crippen molar-refractivity contribution in [2.24, 2.45) is 5.73 Å². The molecule has 0 fully saturated rings. The molecule has 0 radical (unpaired) electrons. The van der Waals surface area contributed by atoms with E-state index in [1.807, 2.05) is 42.5 Å². The molecule has 0 unspecified atom stereocenters. The number of hydrogen-bond acceptors (Lipinski definition) is 3. The summed E-state index contributed by atoms with van der Waals surface area (Å²) >= 11 is 0. The van der Waals surface area contributed by atoms with Gasteiger partial charge in [0.2, 0.25) is 0 Å². The van der Waals surface area contributed by atoms with Gasteiger partial charge in [-0.15, -0.1) is 0 Å². The molecule has 26 heavy (non-hydrogen) atoms. The average molecular weight is 347 g/mol. The van der Waals surface area contributed by atoms with Crippen LogP contribution in [0.3, 0.4) is 0 Å². The molecule has 3 aromatic carbocycles. The molecule has 0 bridgehead atoms. The maximum absolute atomic E-state index is 10.5. The minimum absolute atomic E-state index is 0.216. The first-order valence-corrected chi connectivity index (χ1v) is 8.81. The van der Waals surface area contributed by atoms with Gasteiger partial charge in [-0.05, 0) is 43.5 Å². The first-order chi connectivity index (χ1) is 12.5. The van der Waals surface area contributed by atoms with Crippen molar-refractivity contribution < 1.29 is 9.84 Å². The minimum Gasteiger partial charge on any atom is -0.507 e. The predicted octanol–water partition coefficient (Wildman–Crippen LogP) is 5.02. The van der Waals surface area contributed by atoms with Crippen LogP contribution in [0.5, 0.6) is 11.5 Å². The molecule has 0 amide bonds. The number of nitrogens with two attached hydrogens (primary N) is 1. The van der Waals surface area contributed by atoms with Crippen molar-refractivity contribution in [2.75, 3.05) is 0 Å². The van der Waals surface area contributed by atoms with Crippen LogP contribution in [0.1, 0.15) is 27.8 Å². The summed E-state index contributed by atoms with van der Waals surface area (Å²) in [6, 6.07) is 17.8. The Hall–Kier alpha value is -2.78.